The second-order valence-electron chi connectivity index (χ2n) is 6.86. The third kappa shape index (κ3) is 3.21. The Morgan fingerprint density at radius 3 is 2.65 bits per heavy atom. The molecule has 1 fully saturated rings. The van der Waals surface area contributed by atoms with Gasteiger partial charge < -0.3 is 15.0 Å². The normalized spacial score (nSPS) is 18.8. The number of aliphatic hydroxyl groups excluding tert-OH is 1. The molecule has 26 heavy (non-hydrogen) atoms. The van der Waals surface area contributed by atoms with Gasteiger partial charge in [-0.15, -0.1) is 11.3 Å². The number of para-hydroxylation sites is 1. The molecule has 1 saturated heterocycles. The van der Waals surface area contributed by atoms with Crippen LogP contribution in [0.5, 0.6) is 0 Å². The number of piperazine rings is 1. The third-order valence-electron chi connectivity index (χ3n) is 5.19. The number of nitrogens with zero attached hydrogens (tertiary/aromatic N) is 2. The SMILES string of the molecule is CN1CCN([C@@H](c2cccs2)[C@@H](O)C(=O)c2c[nH]c3ccccc23)CC1. The highest BCUT2D eigenvalue weighted by atomic mass is 32.1. The van der Waals surface area contributed by atoms with Gasteiger partial charge in [-0.1, -0.05) is 24.3 Å². The highest BCUT2D eigenvalue weighted by Gasteiger charge is 2.35. The number of nitrogens with one attached hydrogen (secondary N) is 1. The molecule has 0 radical (unpaired) electrons. The topological polar surface area (TPSA) is 59.6 Å². The zero-order valence-electron chi connectivity index (χ0n) is 14.8. The molecule has 2 N–H and O–H groups in total. The highest BCUT2D eigenvalue weighted by molar-refractivity contribution is 7.10. The van der Waals surface area contributed by atoms with Crippen LogP contribution in [0.15, 0.2) is 48.0 Å². The van der Waals surface area contributed by atoms with Crippen LogP contribution in [0.2, 0.25) is 0 Å². The van der Waals surface area contributed by atoms with E-state index in [1.54, 1.807) is 17.5 Å². The summed E-state index contributed by atoms with van der Waals surface area (Å²) in [6.45, 7) is 3.57. The number of Topliss-reactive ketones (excluding diaryl/α,β-unsaturated/α-hetero) is 1. The third-order valence-corrected chi connectivity index (χ3v) is 6.13. The van der Waals surface area contributed by atoms with E-state index in [1.807, 2.05) is 41.8 Å². The summed E-state index contributed by atoms with van der Waals surface area (Å²) in [6, 6.07) is 11.4. The molecule has 3 aromatic rings. The summed E-state index contributed by atoms with van der Waals surface area (Å²) in [5.41, 5.74) is 1.47. The number of carbonyl (C=O) groups is 1. The molecule has 5 nitrogen and oxygen atoms in total. The predicted molar refractivity (Wildman–Crippen MR) is 105 cm³/mol. The smallest absolute Gasteiger partial charge is 0.195 e. The van der Waals surface area contributed by atoms with Gasteiger partial charge >= 0.3 is 0 Å². The maximum Gasteiger partial charge on any atom is 0.195 e. The van der Waals surface area contributed by atoms with E-state index in [-0.39, 0.29) is 11.8 Å². The largest absolute Gasteiger partial charge is 0.383 e. The Hall–Kier alpha value is -1.99. The summed E-state index contributed by atoms with van der Waals surface area (Å²) in [5, 5.41) is 13.9. The lowest BCUT2D eigenvalue weighted by molar-refractivity contribution is 0.0240. The van der Waals surface area contributed by atoms with Gasteiger partial charge in [0.1, 0.15) is 6.10 Å². The molecule has 3 heterocycles. The summed E-state index contributed by atoms with van der Waals surface area (Å²) in [4.78, 5) is 21.8. The van der Waals surface area contributed by atoms with Gasteiger partial charge in [-0.3, -0.25) is 9.69 Å². The Bertz CT molecular complexity index is 881. The van der Waals surface area contributed by atoms with Crippen molar-refractivity contribution in [3.8, 4) is 0 Å². The first-order valence-corrected chi connectivity index (χ1v) is 9.77. The fourth-order valence-electron chi connectivity index (χ4n) is 3.67. The maximum absolute atomic E-state index is 13.2. The molecule has 1 aromatic carbocycles. The van der Waals surface area contributed by atoms with Crippen molar-refractivity contribution >= 4 is 28.0 Å². The maximum atomic E-state index is 13.2. The van der Waals surface area contributed by atoms with Gasteiger partial charge in [0.15, 0.2) is 5.78 Å². The Balaban J connectivity index is 1.65. The van der Waals surface area contributed by atoms with Crippen molar-refractivity contribution in [1.29, 1.82) is 0 Å². The number of hydrogen-bond acceptors (Lipinski definition) is 5. The Kier molecular flexibility index (Phi) is 4.91. The molecule has 0 spiro atoms. The summed E-state index contributed by atoms with van der Waals surface area (Å²) >= 11 is 1.60. The first-order chi connectivity index (χ1) is 12.6. The number of benzene rings is 1. The van der Waals surface area contributed by atoms with E-state index in [0.29, 0.717) is 5.56 Å². The second kappa shape index (κ2) is 7.32. The molecule has 0 aliphatic carbocycles. The van der Waals surface area contributed by atoms with Crippen LogP contribution in [0.4, 0.5) is 0 Å². The molecule has 0 unspecified atom stereocenters. The van der Waals surface area contributed by atoms with Crippen LogP contribution < -0.4 is 0 Å². The molecule has 4 rings (SSSR count). The number of aliphatic hydroxyl groups is 1. The molecule has 2 atom stereocenters. The monoisotopic (exact) mass is 369 g/mol. The number of aromatic amines is 1. The van der Waals surface area contributed by atoms with Crippen molar-refractivity contribution in [1.82, 2.24) is 14.8 Å². The van der Waals surface area contributed by atoms with Crippen LogP contribution in [-0.2, 0) is 0 Å². The van der Waals surface area contributed by atoms with Gasteiger partial charge in [0.25, 0.3) is 0 Å². The number of hydrogen-bond donors (Lipinski definition) is 2. The van der Waals surface area contributed by atoms with Gasteiger partial charge in [-0.25, -0.2) is 0 Å². The van der Waals surface area contributed by atoms with Gasteiger partial charge in [0.05, 0.1) is 6.04 Å². The Morgan fingerprint density at radius 1 is 1.15 bits per heavy atom. The molecule has 6 heteroatoms. The standard InChI is InChI=1S/C20H23N3O2S/c1-22-8-10-23(11-9-22)18(17-7-4-12-26-17)20(25)19(24)15-13-21-16-6-3-2-5-14(15)16/h2-7,12-13,18,20-21,25H,8-11H2,1H3/t18-,20+/m0/s1. The summed E-state index contributed by atoms with van der Waals surface area (Å²) in [5.74, 6) is -0.222. The predicted octanol–water partition coefficient (Wildman–Crippen LogP) is 2.76. The van der Waals surface area contributed by atoms with Crippen molar-refractivity contribution in [2.75, 3.05) is 33.2 Å². The van der Waals surface area contributed by atoms with Crippen LogP contribution in [0.25, 0.3) is 10.9 Å². The number of aromatic nitrogens is 1. The molecule has 136 valence electrons. The number of fused-ring (bicyclic) bond motifs is 1. The fraction of sp³-hybridized carbons (Fsp3) is 0.350. The van der Waals surface area contributed by atoms with Crippen molar-refractivity contribution in [2.24, 2.45) is 0 Å². The average molecular weight is 369 g/mol. The van der Waals surface area contributed by atoms with Crippen LogP contribution in [-0.4, -0.2) is 65.0 Å². The Morgan fingerprint density at radius 2 is 1.92 bits per heavy atom. The lowest BCUT2D eigenvalue weighted by Gasteiger charge is -2.39. The van der Waals surface area contributed by atoms with E-state index in [1.165, 1.54) is 0 Å². The zero-order valence-corrected chi connectivity index (χ0v) is 15.6. The molecule has 2 aromatic heterocycles. The lowest BCUT2D eigenvalue weighted by Crippen LogP contribution is -2.49. The van der Waals surface area contributed by atoms with Gasteiger partial charge in [0, 0.05) is 53.7 Å². The minimum atomic E-state index is -1.09. The number of carbonyl (C=O) groups excluding carboxylic acids is 1. The second-order valence-corrected chi connectivity index (χ2v) is 7.84. The number of rotatable bonds is 5. The molecule has 0 amide bonds. The molecule has 0 saturated carbocycles. The molecular weight excluding hydrogens is 346 g/mol. The zero-order chi connectivity index (χ0) is 18.1. The minimum absolute atomic E-state index is 0.222. The van der Waals surface area contributed by atoms with Gasteiger partial charge in [-0.2, -0.15) is 0 Å². The van der Waals surface area contributed by atoms with Crippen LogP contribution in [0.3, 0.4) is 0 Å². The van der Waals surface area contributed by atoms with E-state index in [0.717, 1.165) is 42.0 Å². The van der Waals surface area contributed by atoms with E-state index in [4.69, 9.17) is 0 Å². The highest BCUT2D eigenvalue weighted by Crippen LogP contribution is 2.32. The van der Waals surface area contributed by atoms with Crippen molar-refractivity contribution in [3.63, 3.8) is 0 Å². The van der Waals surface area contributed by atoms with Crippen LogP contribution in [0, 0.1) is 0 Å². The van der Waals surface area contributed by atoms with Crippen molar-refractivity contribution in [2.45, 2.75) is 12.1 Å². The molecule has 0 bridgehead atoms. The summed E-state index contributed by atoms with van der Waals surface area (Å²) in [7, 11) is 2.10. The van der Waals surface area contributed by atoms with E-state index < -0.39 is 6.10 Å². The van der Waals surface area contributed by atoms with E-state index in [9.17, 15) is 9.90 Å². The molecule has 1 aliphatic heterocycles. The number of H-pyrrole nitrogens is 1. The quantitative estimate of drug-likeness (QED) is 0.679. The van der Waals surface area contributed by atoms with E-state index >= 15 is 0 Å². The van der Waals surface area contributed by atoms with E-state index in [2.05, 4.69) is 21.8 Å². The number of likely N-dealkylation sites (N-methyl/N-ethyl adjacent to an activating group) is 1. The summed E-state index contributed by atoms with van der Waals surface area (Å²) < 4.78 is 0. The first kappa shape index (κ1) is 17.4. The van der Waals surface area contributed by atoms with Crippen LogP contribution in [0.1, 0.15) is 21.3 Å². The number of thiophene rings is 1. The van der Waals surface area contributed by atoms with Gasteiger partial charge in [0.2, 0.25) is 0 Å². The van der Waals surface area contributed by atoms with Crippen molar-refractivity contribution in [3.05, 3.63) is 58.4 Å². The average Bonchev–Trinajstić information content (AvgIpc) is 3.32. The van der Waals surface area contributed by atoms with Crippen LogP contribution >= 0.6 is 11.3 Å². The van der Waals surface area contributed by atoms with Crippen molar-refractivity contribution < 1.29 is 9.90 Å². The Labute approximate surface area is 156 Å². The fourth-order valence-corrected chi connectivity index (χ4v) is 4.56. The summed E-state index contributed by atoms with van der Waals surface area (Å²) in [6.07, 6.45) is 0.627. The molecular formula is C20H23N3O2S. The lowest BCUT2D eigenvalue weighted by atomic mass is 9.97. The van der Waals surface area contributed by atoms with Gasteiger partial charge in [-0.05, 0) is 24.6 Å². The number of ketones is 1. The molecule has 1 aliphatic rings. The minimum Gasteiger partial charge on any atom is -0.383 e. The first-order valence-electron chi connectivity index (χ1n) is 8.89.